The number of halogens is 2. The highest BCUT2D eigenvalue weighted by Gasteiger charge is 2.24. The molecule has 0 saturated heterocycles. The summed E-state index contributed by atoms with van der Waals surface area (Å²) >= 11 is 11.7. The Kier molecular flexibility index (Phi) is 6.33. The predicted molar refractivity (Wildman–Crippen MR) is 120 cm³/mol. The van der Waals surface area contributed by atoms with Crippen molar-refractivity contribution in [3.05, 3.63) is 81.8 Å². The first kappa shape index (κ1) is 22.4. The van der Waals surface area contributed by atoms with E-state index in [-0.39, 0.29) is 9.79 Å². The minimum absolute atomic E-state index is 0.139. The van der Waals surface area contributed by atoms with Crippen molar-refractivity contribution in [2.75, 3.05) is 9.44 Å². The van der Waals surface area contributed by atoms with Gasteiger partial charge in [-0.25, -0.2) is 16.8 Å². The monoisotopic (exact) mass is 484 g/mol. The molecular formula is C20H18Cl2N2O4S2. The van der Waals surface area contributed by atoms with Gasteiger partial charge in [-0.05, 0) is 79.6 Å². The van der Waals surface area contributed by atoms with Crippen molar-refractivity contribution in [1.29, 1.82) is 0 Å². The zero-order valence-electron chi connectivity index (χ0n) is 16.0. The van der Waals surface area contributed by atoms with E-state index < -0.39 is 20.0 Å². The van der Waals surface area contributed by atoms with Crippen molar-refractivity contribution in [1.82, 2.24) is 0 Å². The molecule has 2 N–H and O–H groups in total. The first-order chi connectivity index (χ1) is 14.0. The van der Waals surface area contributed by atoms with Gasteiger partial charge in [0.1, 0.15) is 0 Å². The van der Waals surface area contributed by atoms with Crippen LogP contribution in [0.15, 0.2) is 70.5 Å². The molecule has 158 valence electrons. The summed E-state index contributed by atoms with van der Waals surface area (Å²) in [6, 6.07) is 14.9. The minimum Gasteiger partial charge on any atom is -0.280 e. The van der Waals surface area contributed by atoms with E-state index >= 15 is 0 Å². The molecule has 0 aromatic heterocycles. The lowest BCUT2D eigenvalue weighted by atomic mass is 10.2. The van der Waals surface area contributed by atoms with Crippen molar-refractivity contribution in [3.63, 3.8) is 0 Å². The molecular weight excluding hydrogens is 467 g/mol. The first-order valence-electron chi connectivity index (χ1n) is 8.66. The average molecular weight is 485 g/mol. The summed E-state index contributed by atoms with van der Waals surface area (Å²) in [6.07, 6.45) is 0. The van der Waals surface area contributed by atoms with Gasteiger partial charge in [0, 0.05) is 21.4 Å². The van der Waals surface area contributed by atoms with E-state index in [2.05, 4.69) is 9.44 Å². The molecule has 0 heterocycles. The van der Waals surface area contributed by atoms with Gasteiger partial charge in [-0.1, -0.05) is 29.3 Å². The van der Waals surface area contributed by atoms with Gasteiger partial charge in [-0.15, -0.1) is 0 Å². The third kappa shape index (κ3) is 5.07. The highest BCUT2D eigenvalue weighted by Crippen LogP contribution is 2.28. The molecule has 30 heavy (non-hydrogen) atoms. The number of hydrogen-bond donors (Lipinski definition) is 2. The van der Waals surface area contributed by atoms with Gasteiger partial charge < -0.3 is 0 Å². The van der Waals surface area contributed by atoms with Gasteiger partial charge in [0.25, 0.3) is 20.0 Å². The van der Waals surface area contributed by atoms with Crippen LogP contribution in [0.4, 0.5) is 11.4 Å². The highest BCUT2D eigenvalue weighted by molar-refractivity contribution is 7.93. The molecule has 0 aliphatic carbocycles. The van der Waals surface area contributed by atoms with Crippen LogP contribution in [-0.4, -0.2) is 16.8 Å². The van der Waals surface area contributed by atoms with Gasteiger partial charge in [0.05, 0.1) is 9.79 Å². The van der Waals surface area contributed by atoms with Crippen LogP contribution in [0.3, 0.4) is 0 Å². The zero-order valence-corrected chi connectivity index (χ0v) is 19.1. The largest absolute Gasteiger partial charge is 0.280 e. The molecule has 0 amide bonds. The number of sulfonamides is 2. The Morgan fingerprint density at radius 2 is 0.933 bits per heavy atom. The number of hydrogen-bond acceptors (Lipinski definition) is 4. The Morgan fingerprint density at radius 3 is 1.27 bits per heavy atom. The van der Waals surface area contributed by atoms with Crippen molar-refractivity contribution in [2.45, 2.75) is 23.6 Å². The molecule has 0 aliphatic rings. The van der Waals surface area contributed by atoms with Crippen molar-refractivity contribution < 1.29 is 16.8 Å². The summed E-state index contributed by atoms with van der Waals surface area (Å²) in [7, 11) is -8.08. The Hall–Kier alpha value is -2.26. The summed E-state index contributed by atoms with van der Waals surface area (Å²) in [4.78, 5) is -0.279. The molecule has 0 aliphatic heterocycles. The van der Waals surface area contributed by atoms with Crippen LogP contribution in [-0.2, 0) is 20.0 Å². The van der Waals surface area contributed by atoms with Gasteiger partial charge >= 0.3 is 0 Å². The Morgan fingerprint density at radius 1 is 0.600 bits per heavy atom. The van der Waals surface area contributed by atoms with Crippen LogP contribution in [0.5, 0.6) is 0 Å². The molecule has 0 saturated carbocycles. The second kappa shape index (κ2) is 8.47. The lowest BCUT2D eigenvalue weighted by Gasteiger charge is -2.15. The second-order valence-corrected chi connectivity index (χ2v) is 10.8. The van der Waals surface area contributed by atoms with Crippen LogP contribution < -0.4 is 9.44 Å². The molecule has 0 bridgehead atoms. The zero-order chi connectivity index (χ0) is 22.1. The second-order valence-electron chi connectivity index (χ2n) is 6.61. The molecule has 3 rings (SSSR count). The number of anilines is 2. The summed E-state index contributed by atoms with van der Waals surface area (Å²) in [5, 5.41) is 0.928. The van der Waals surface area contributed by atoms with E-state index in [1.807, 2.05) is 0 Å². The van der Waals surface area contributed by atoms with E-state index in [1.165, 1.54) is 30.3 Å². The van der Waals surface area contributed by atoms with E-state index in [4.69, 9.17) is 23.2 Å². The third-order valence-corrected chi connectivity index (χ3v) is 7.79. The van der Waals surface area contributed by atoms with Crippen molar-refractivity contribution in [2.24, 2.45) is 0 Å². The van der Waals surface area contributed by atoms with Crippen molar-refractivity contribution >= 4 is 54.6 Å². The average Bonchev–Trinajstić information content (AvgIpc) is 2.64. The molecule has 0 atom stereocenters. The number of aryl methyl sites for hydroxylation is 2. The lowest BCUT2D eigenvalue weighted by Crippen LogP contribution is -2.18. The number of nitrogens with one attached hydrogen (secondary N) is 2. The fourth-order valence-electron chi connectivity index (χ4n) is 2.85. The van der Waals surface area contributed by atoms with Crippen LogP contribution in [0.25, 0.3) is 0 Å². The number of benzene rings is 3. The van der Waals surface area contributed by atoms with Gasteiger partial charge in [0.2, 0.25) is 0 Å². The summed E-state index contributed by atoms with van der Waals surface area (Å²) in [5.74, 6) is 0. The summed E-state index contributed by atoms with van der Waals surface area (Å²) in [6.45, 7) is 3.21. The number of rotatable bonds is 6. The van der Waals surface area contributed by atoms with E-state index in [0.717, 1.165) is 6.07 Å². The van der Waals surface area contributed by atoms with Crippen LogP contribution in [0.2, 0.25) is 10.0 Å². The quantitative estimate of drug-likeness (QED) is 0.501. The van der Waals surface area contributed by atoms with E-state index in [1.54, 1.807) is 38.1 Å². The normalized spacial score (nSPS) is 11.9. The minimum atomic E-state index is -4.04. The molecule has 0 fully saturated rings. The van der Waals surface area contributed by atoms with Crippen LogP contribution >= 0.6 is 23.2 Å². The molecule has 0 unspecified atom stereocenters. The molecule has 3 aromatic rings. The van der Waals surface area contributed by atoms with E-state index in [0.29, 0.717) is 32.5 Å². The maximum atomic E-state index is 12.9. The Labute approximate surface area is 186 Å². The molecule has 0 radical (unpaired) electrons. The molecule has 3 aromatic carbocycles. The lowest BCUT2D eigenvalue weighted by molar-refractivity contribution is 0.598. The predicted octanol–water partition coefficient (Wildman–Crippen LogP) is 5.21. The van der Waals surface area contributed by atoms with Gasteiger partial charge in [-0.2, -0.15) is 0 Å². The molecule has 10 heteroatoms. The first-order valence-corrected chi connectivity index (χ1v) is 12.4. The SMILES string of the molecule is Cc1cc(C)c(S(=O)(=O)Nc2ccc(Cl)cc2)cc1S(=O)(=O)Nc1ccc(Cl)cc1. The maximum Gasteiger partial charge on any atom is 0.262 e. The van der Waals surface area contributed by atoms with Gasteiger partial charge in [0.15, 0.2) is 0 Å². The van der Waals surface area contributed by atoms with E-state index in [9.17, 15) is 16.8 Å². The molecule has 0 spiro atoms. The summed E-state index contributed by atoms with van der Waals surface area (Å²) in [5.41, 5.74) is 1.45. The standard InChI is InChI=1S/C20H18Cl2N2O4S2/c1-13-11-14(2)20(30(27,28)24-18-9-5-16(22)6-10-18)12-19(13)29(25,26)23-17-7-3-15(21)4-8-17/h3-12,23-24H,1-2H3. The summed E-state index contributed by atoms with van der Waals surface area (Å²) < 4.78 is 56.6. The highest BCUT2D eigenvalue weighted by atomic mass is 35.5. The smallest absolute Gasteiger partial charge is 0.262 e. The topological polar surface area (TPSA) is 92.3 Å². The van der Waals surface area contributed by atoms with Crippen molar-refractivity contribution in [3.8, 4) is 0 Å². The Balaban J connectivity index is 2.00. The van der Waals surface area contributed by atoms with Crippen LogP contribution in [0, 0.1) is 13.8 Å². The van der Waals surface area contributed by atoms with Crippen LogP contribution in [0.1, 0.15) is 11.1 Å². The fourth-order valence-corrected chi connectivity index (χ4v) is 5.80. The molecule has 6 nitrogen and oxygen atoms in total. The van der Waals surface area contributed by atoms with Gasteiger partial charge in [-0.3, -0.25) is 9.44 Å². The third-order valence-electron chi connectivity index (χ3n) is 4.24. The fraction of sp³-hybridized carbons (Fsp3) is 0.100. The Bertz CT molecular complexity index is 1190. The maximum absolute atomic E-state index is 12.9.